The normalized spacial score (nSPS) is 11.2. The molecule has 0 aliphatic rings. The highest BCUT2D eigenvalue weighted by Crippen LogP contribution is 2.03. The zero-order valence-electron chi connectivity index (χ0n) is 9.85. The van der Waals surface area contributed by atoms with Crippen molar-refractivity contribution < 1.29 is 14.4 Å². The number of hydrogen-bond donors (Lipinski definition) is 1. The van der Waals surface area contributed by atoms with Gasteiger partial charge in [-0.25, -0.2) is 0 Å². The molecule has 6 heteroatoms. The molecule has 1 aromatic heterocycles. The van der Waals surface area contributed by atoms with Gasteiger partial charge in [-0.1, -0.05) is 12.1 Å². The van der Waals surface area contributed by atoms with Crippen LogP contribution in [0.3, 0.4) is 0 Å². The Morgan fingerprint density at radius 3 is 2.88 bits per heavy atom. The van der Waals surface area contributed by atoms with Gasteiger partial charge in [-0.05, 0) is 13.0 Å². The van der Waals surface area contributed by atoms with E-state index in [4.69, 9.17) is 14.4 Å². The third kappa shape index (κ3) is 4.26. The van der Waals surface area contributed by atoms with E-state index in [0.29, 0.717) is 31.4 Å². The van der Waals surface area contributed by atoms with Gasteiger partial charge < -0.3 is 14.4 Å². The molecule has 0 saturated heterocycles. The second-order valence-corrected chi connectivity index (χ2v) is 3.54. The standard InChI is InChI=1S/C10H19N3O3/c1-3-4-13(5-6-14)7-9-11-10(8-15-2)16-12-9/h14H,3-8H2,1-2H3. The Kier molecular flexibility index (Phi) is 5.99. The van der Waals surface area contributed by atoms with Crippen LogP contribution >= 0.6 is 0 Å². The van der Waals surface area contributed by atoms with Crippen LogP contribution in [0.4, 0.5) is 0 Å². The van der Waals surface area contributed by atoms with E-state index in [1.807, 2.05) is 0 Å². The lowest BCUT2D eigenvalue weighted by Crippen LogP contribution is -2.27. The van der Waals surface area contributed by atoms with Gasteiger partial charge in [-0.3, -0.25) is 4.90 Å². The molecule has 92 valence electrons. The third-order valence-electron chi connectivity index (χ3n) is 2.10. The molecule has 16 heavy (non-hydrogen) atoms. The minimum absolute atomic E-state index is 0.142. The van der Waals surface area contributed by atoms with E-state index in [1.54, 1.807) is 7.11 Å². The first-order valence-electron chi connectivity index (χ1n) is 5.43. The SMILES string of the molecule is CCCN(CCO)Cc1noc(COC)n1. The summed E-state index contributed by atoms with van der Waals surface area (Å²) in [5.41, 5.74) is 0. The fraction of sp³-hybridized carbons (Fsp3) is 0.800. The van der Waals surface area contributed by atoms with Crippen LogP contribution in [0.1, 0.15) is 25.1 Å². The molecule has 0 bridgehead atoms. The molecule has 0 aliphatic carbocycles. The zero-order chi connectivity index (χ0) is 11.8. The lowest BCUT2D eigenvalue weighted by molar-refractivity contribution is 0.151. The van der Waals surface area contributed by atoms with Gasteiger partial charge >= 0.3 is 0 Å². The summed E-state index contributed by atoms with van der Waals surface area (Å²) in [4.78, 5) is 6.26. The number of aliphatic hydroxyl groups is 1. The maximum atomic E-state index is 8.90. The summed E-state index contributed by atoms with van der Waals surface area (Å²) >= 11 is 0. The van der Waals surface area contributed by atoms with Crippen molar-refractivity contribution in [2.24, 2.45) is 0 Å². The van der Waals surface area contributed by atoms with E-state index in [2.05, 4.69) is 22.0 Å². The minimum Gasteiger partial charge on any atom is -0.395 e. The van der Waals surface area contributed by atoms with Gasteiger partial charge in [0.15, 0.2) is 5.82 Å². The quantitative estimate of drug-likeness (QED) is 0.696. The Balaban J connectivity index is 2.48. The predicted molar refractivity (Wildman–Crippen MR) is 57.7 cm³/mol. The molecule has 0 fully saturated rings. The second-order valence-electron chi connectivity index (χ2n) is 3.54. The first-order chi connectivity index (χ1) is 7.80. The Labute approximate surface area is 95.2 Å². The highest BCUT2D eigenvalue weighted by atomic mass is 16.5. The van der Waals surface area contributed by atoms with Crippen molar-refractivity contribution in [3.63, 3.8) is 0 Å². The van der Waals surface area contributed by atoms with Crippen LogP contribution in [0.25, 0.3) is 0 Å². The number of hydrogen-bond acceptors (Lipinski definition) is 6. The summed E-state index contributed by atoms with van der Waals surface area (Å²) in [5, 5.41) is 12.8. The van der Waals surface area contributed by atoms with Gasteiger partial charge in [0.05, 0.1) is 13.2 Å². The average Bonchev–Trinajstić information content (AvgIpc) is 2.67. The summed E-state index contributed by atoms with van der Waals surface area (Å²) in [6, 6.07) is 0. The van der Waals surface area contributed by atoms with Crippen molar-refractivity contribution >= 4 is 0 Å². The monoisotopic (exact) mass is 229 g/mol. The number of rotatable bonds is 8. The summed E-state index contributed by atoms with van der Waals surface area (Å²) in [6.45, 7) is 4.71. The molecule has 0 radical (unpaired) electrons. The van der Waals surface area contributed by atoms with Gasteiger partial charge in [0.1, 0.15) is 6.61 Å². The molecule has 0 aliphatic heterocycles. The van der Waals surface area contributed by atoms with E-state index in [1.165, 1.54) is 0 Å². The van der Waals surface area contributed by atoms with Crippen LogP contribution in [-0.2, 0) is 17.9 Å². The fourth-order valence-electron chi connectivity index (χ4n) is 1.46. The maximum Gasteiger partial charge on any atom is 0.252 e. The van der Waals surface area contributed by atoms with Crippen LogP contribution in [0.2, 0.25) is 0 Å². The van der Waals surface area contributed by atoms with E-state index < -0.39 is 0 Å². The van der Waals surface area contributed by atoms with Crippen molar-refractivity contribution in [2.75, 3.05) is 26.8 Å². The summed E-state index contributed by atoms with van der Waals surface area (Å²) in [7, 11) is 1.58. The first kappa shape index (κ1) is 13.1. The van der Waals surface area contributed by atoms with Gasteiger partial charge in [0, 0.05) is 13.7 Å². The molecule has 1 aromatic rings. The molecular formula is C10H19N3O3. The van der Waals surface area contributed by atoms with Gasteiger partial charge in [0.25, 0.3) is 5.89 Å². The summed E-state index contributed by atoms with van der Waals surface area (Å²) < 4.78 is 9.88. The molecule has 0 atom stereocenters. The number of nitrogens with zero attached hydrogens (tertiary/aromatic N) is 3. The Morgan fingerprint density at radius 2 is 2.25 bits per heavy atom. The lowest BCUT2D eigenvalue weighted by Gasteiger charge is -2.17. The number of aliphatic hydroxyl groups excluding tert-OH is 1. The molecule has 1 heterocycles. The third-order valence-corrected chi connectivity index (χ3v) is 2.10. The molecule has 0 aromatic carbocycles. The molecule has 0 saturated carbocycles. The van der Waals surface area contributed by atoms with Crippen LogP contribution in [0, 0.1) is 0 Å². The molecule has 0 unspecified atom stereocenters. The zero-order valence-corrected chi connectivity index (χ0v) is 9.85. The van der Waals surface area contributed by atoms with Crippen molar-refractivity contribution in [1.82, 2.24) is 15.0 Å². The van der Waals surface area contributed by atoms with Gasteiger partial charge in [0.2, 0.25) is 0 Å². The van der Waals surface area contributed by atoms with E-state index >= 15 is 0 Å². The van der Waals surface area contributed by atoms with Crippen LogP contribution in [0.15, 0.2) is 4.52 Å². The van der Waals surface area contributed by atoms with Crippen molar-refractivity contribution in [3.8, 4) is 0 Å². The topological polar surface area (TPSA) is 71.6 Å². The largest absolute Gasteiger partial charge is 0.395 e. The Morgan fingerprint density at radius 1 is 1.44 bits per heavy atom. The lowest BCUT2D eigenvalue weighted by atomic mass is 10.4. The van der Waals surface area contributed by atoms with Crippen molar-refractivity contribution in [3.05, 3.63) is 11.7 Å². The Hall–Kier alpha value is -0.980. The fourth-order valence-corrected chi connectivity index (χ4v) is 1.46. The number of ether oxygens (including phenoxy) is 1. The molecule has 6 nitrogen and oxygen atoms in total. The summed E-state index contributed by atoms with van der Waals surface area (Å²) in [5.74, 6) is 1.12. The van der Waals surface area contributed by atoms with Crippen LogP contribution in [0.5, 0.6) is 0 Å². The number of methoxy groups -OCH3 is 1. The Bertz CT molecular complexity index is 285. The van der Waals surface area contributed by atoms with Crippen molar-refractivity contribution in [2.45, 2.75) is 26.5 Å². The van der Waals surface area contributed by atoms with Crippen molar-refractivity contribution in [1.29, 1.82) is 0 Å². The molecular weight excluding hydrogens is 210 g/mol. The van der Waals surface area contributed by atoms with Crippen LogP contribution in [-0.4, -0.2) is 47.0 Å². The molecule has 0 amide bonds. The average molecular weight is 229 g/mol. The predicted octanol–water partition coefficient (Wildman–Crippen LogP) is 0.420. The van der Waals surface area contributed by atoms with E-state index in [0.717, 1.165) is 13.0 Å². The van der Waals surface area contributed by atoms with E-state index in [9.17, 15) is 0 Å². The molecule has 1 N–H and O–H groups in total. The van der Waals surface area contributed by atoms with E-state index in [-0.39, 0.29) is 6.61 Å². The molecule has 0 spiro atoms. The van der Waals surface area contributed by atoms with Crippen LogP contribution < -0.4 is 0 Å². The molecule has 1 rings (SSSR count). The number of aromatic nitrogens is 2. The highest BCUT2D eigenvalue weighted by molar-refractivity contribution is 4.85. The second kappa shape index (κ2) is 7.32. The summed E-state index contributed by atoms with van der Waals surface area (Å²) in [6.07, 6.45) is 1.03. The van der Waals surface area contributed by atoms with Gasteiger partial charge in [-0.15, -0.1) is 0 Å². The highest BCUT2D eigenvalue weighted by Gasteiger charge is 2.10. The first-order valence-corrected chi connectivity index (χ1v) is 5.43. The smallest absolute Gasteiger partial charge is 0.252 e. The maximum absolute atomic E-state index is 8.90. The minimum atomic E-state index is 0.142. The van der Waals surface area contributed by atoms with Gasteiger partial charge in [-0.2, -0.15) is 4.98 Å².